The highest BCUT2D eigenvalue weighted by Gasteiger charge is 2.24. The molecule has 0 unspecified atom stereocenters. The zero-order valence-corrected chi connectivity index (χ0v) is 11.3. The van der Waals surface area contributed by atoms with Crippen molar-refractivity contribution in [1.29, 1.82) is 0 Å². The molecule has 0 spiro atoms. The SMILES string of the molecule is CCOC(=O)CN(C(=O)c1ccncc1O)C(C)C. The summed E-state index contributed by atoms with van der Waals surface area (Å²) in [5.74, 6) is -1.11. The Morgan fingerprint density at radius 3 is 2.68 bits per heavy atom. The number of carbonyl (C=O) groups is 2. The van der Waals surface area contributed by atoms with Gasteiger partial charge in [0.2, 0.25) is 0 Å². The topological polar surface area (TPSA) is 79.7 Å². The van der Waals surface area contributed by atoms with Gasteiger partial charge in [0.05, 0.1) is 18.4 Å². The van der Waals surface area contributed by atoms with Crippen LogP contribution in [0.3, 0.4) is 0 Å². The number of esters is 1. The highest BCUT2D eigenvalue weighted by atomic mass is 16.5. The molecule has 1 aromatic heterocycles. The molecule has 0 atom stereocenters. The van der Waals surface area contributed by atoms with E-state index in [2.05, 4.69) is 4.98 Å². The molecule has 0 bridgehead atoms. The molecule has 104 valence electrons. The molecule has 0 aliphatic heterocycles. The van der Waals surface area contributed by atoms with E-state index in [-0.39, 0.29) is 30.5 Å². The number of carbonyl (C=O) groups excluding carboxylic acids is 2. The van der Waals surface area contributed by atoms with Crippen LogP contribution in [0.15, 0.2) is 18.5 Å². The number of aromatic hydroxyl groups is 1. The molecule has 0 aliphatic carbocycles. The molecular formula is C13H18N2O4. The second-order valence-corrected chi connectivity index (χ2v) is 4.22. The van der Waals surface area contributed by atoms with Crippen LogP contribution in [0.2, 0.25) is 0 Å². The van der Waals surface area contributed by atoms with Crippen LogP contribution in [-0.2, 0) is 9.53 Å². The molecule has 0 saturated carbocycles. The van der Waals surface area contributed by atoms with Crippen LogP contribution >= 0.6 is 0 Å². The van der Waals surface area contributed by atoms with Crippen molar-refractivity contribution < 1.29 is 19.4 Å². The van der Waals surface area contributed by atoms with E-state index in [1.165, 1.54) is 23.4 Å². The van der Waals surface area contributed by atoms with Crippen molar-refractivity contribution in [2.45, 2.75) is 26.8 Å². The molecule has 0 aromatic carbocycles. The van der Waals surface area contributed by atoms with Gasteiger partial charge >= 0.3 is 5.97 Å². The van der Waals surface area contributed by atoms with Gasteiger partial charge in [0.25, 0.3) is 5.91 Å². The fourth-order valence-electron chi connectivity index (χ4n) is 1.56. The third kappa shape index (κ3) is 3.94. The average Bonchev–Trinajstić information content (AvgIpc) is 2.36. The van der Waals surface area contributed by atoms with E-state index in [9.17, 15) is 14.7 Å². The largest absolute Gasteiger partial charge is 0.505 e. The van der Waals surface area contributed by atoms with Crippen LogP contribution in [0.1, 0.15) is 31.1 Å². The Balaban J connectivity index is 2.91. The Kier molecular flexibility index (Phi) is 5.29. The van der Waals surface area contributed by atoms with Crippen molar-refractivity contribution in [2.75, 3.05) is 13.2 Å². The van der Waals surface area contributed by atoms with Gasteiger partial charge < -0.3 is 14.7 Å². The minimum absolute atomic E-state index is 0.119. The maximum atomic E-state index is 12.3. The van der Waals surface area contributed by atoms with E-state index in [0.29, 0.717) is 0 Å². The number of amides is 1. The summed E-state index contributed by atoms with van der Waals surface area (Å²) in [4.78, 5) is 28.8. The molecule has 0 fully saturated rings. The van der Waals surface area contributed by atoms with Gasteiger partial charge in [-0.15, -0.1) is 0 Å². The maximum Gasteiger partial charge on any atom is 0.325 e. The van der Waals surface area contributed by atoms with E-state index in [0.717, 1.165) is 0 Å². The minimum Gasteiger partial charge on any atom is -0.505 e. The number of hydrogen-bond acceptors (Lipinski definition) is 5. The molecule has 0 saturated heterocycles. The summed E-state index contributed by atoms with van der Waals surface area (Å²) >= 11 is 0. The second kappa shape index (κ2) is 6.72. The molecule has 1 N–H and O–H groups in total. The van der Waals surface area contributed by atoms with Crippen LogP contribution in [-0.4, -0.2) is 46.1 Å². The number of pyridine rings is 1. The van der Waals surface area contributed by atoms with Crippen molar-refractivity contribution in [3.8, 4) is 5.75 Å². The summed E-state index contributed by atoms with van der Waals surface area (Å²) in [6, 6.07) is 1.22. The zero-order valence-electron chi connectivity index (χ0n) is 11.3. The smallest absolute Gasteiger partial charge is 0.325 e. The molecule has 19 heavy (non-hydrogen) atoms. The normalized spacial score (nSPS) is 10.3. The van der Waals surface area contributed by atoms with E-state index in [4.69, 9.17) is 4.74 Å². The lowest BCUT2D eigenvalue weighted by molar-refractivity contribution is -0.144. The number of ether oxygens (including phenoxy) is 1. The van der Waals surface area contributed by atoms with Crippen molar-refractivity contribution in [3.05, 3.63) is 24.0 Å². The highest BCUT2D eigenvalue weighted by Crippen LogP contribution is 2.17. The van der Waals surface area contributed by atoms with E-state index < -0.39 is 11.9 Å². The van der Waals surface area contributed by atoms with Crippen LogP contribution in [0, 0.1) is 0 Å². The second-order valence-electron chi connectivity index (χ2n) is 4.22. The Hall–Kier alpha value is -2.11. The molecule has 1 heterocycles. The third-order valence-corrected chi connectivity index (χ3v) is 2.52. The molecule has 6 heteroatoms. The lowest BCUT2D eigenvalue weighted by atomic mass is 10.2. The van der Waals surface area contributed by atoms with Gasteiger partial charge in [0.1, 0.15) is 12.3 Å². The average molecular weight is 266 g/mol. The van der Waals surface area contributed by atoms with Crippen molar-refractivity contribution >= 4 is 11.9 Å². The monoisotopic (exact) mass is 266 g/mol. The maximum absolute atomic E-state index is 12.3. The zero-order chi connectivity index (χ0) is 14.4. The summed E-state index contributed by atoms with van der Waals surface area (Å²) in [6.07, 6.45) is 2.60. The molecule has 6 nitrogen and oxygen atoms in total. The van der Waals surface area contributed by atoms with Gasteiger partial charge in [0.15, 0.2) is 0 Å². The molecule has 1 aromatic rings. The van der Waals surface area contributed by atoms with Gasteiger partial charge in [-0.05, 0) is 26.8 Å². The minimum atomic E-state index is -0.474. The number of rotatable bonds is 5. The Morgan fingerprint density at radius 1 is 1.47 bits per heavy atom. The summed E-state index contributed by atoms with van der Waals surface area (Å²) < 4.78 is 4.83. The fraction of sp³-hybridized carbons (Fsp3) is 0.462. The first-order valence-electron chi connectivity index (χ1n) is 6.07. The standard InChI is InChI=1S/C13H18N2O4/c1-4-19-12(17)8-15(9(2)3)13(18)10-5-6-14-7-11(10)16/h5-7,9,16H,4,8H2,1-3H3. The van der Waals surface area contributed by atoms with Crippen molar-refractivity contribution in [1.82, 2.24) is 9.88 Å². The predicted octanol–water partition coefficient (Wildman–Crippen LogP) is 1.20. The summed E-state index contributed by atoms with van der Waals surface area (Å²) in [6.45, 7) is 5.39. The third-order valence-electron chi connectivity index (χ3n) is 2.52. The van der Waals surface area contributed by atoms with Gasteiger partial charge in [0, 0.05) is 12.2 Å². The Labute approximate surface area is 112 Å². The van der Waals surface area contributed by atoms with Crippen LogP contribution in [0.25, 0.3) is 0 Å². The summed E-state index contributed by atoms with van der Waals surface area (Å²) in [5, 5.41) is 9.62. The first-order chi connectivity index (χ1) is 8.97. The molecule has 0 aliphatic rings. The van der Waals surface area contributed by atoms with Crippen LogP contribution in [0.4, 0.5) is 0 Å². The highest BCUT2D eigenvalue weighted by molar-refractivity contribution is 5.98. The van der Waals surface area contributed by atoms with Crippen LogP contribution in [0.5, 0.6) is 5.75 Å². The number of aromatic nitrogens is 1. The van der Waals surface area contributed by atoms with Gasteiger partial charge in [-0.3, -0.25) is 14.6 Å². The number of nitrogens with zero attached hydrogens (tertiary/aromatic N) is 2. The molecule has 0 radical (unpaired) electrons. The first kappa shape index (κ1) is 14.9. The lowest BCUT2D eigenvalue weighted by Gasteiger charge is -2.25. The molecule has 1 rings (SSSR count). The van der Waals surface area contributed by atoms with Crippen molar-refractivity contribution in [2.24, 2.45) is 0 Å². The quantitative estimate of drug-likeness (QED) is 0.810. The lowest BCUT2D eigenvalue weighted by Crippen LogP contribution is -2.41. The fourth-order valence-corrected chi connectivity index (χ4v) is 1.56. The van der Waals surface area contributed by atoms with Gasteiger partial charge in [-0.2, -0.15) is 0 Å². The van der Waals surface area contributed by atoms with Crippen molar-refractivity contribution in [3.63, 3.8) is 0 Å². The number of hydrogen-bond donors (Lipinski definition) is 1. The Morgan fingerprint density at radius 2 is 2.16 bits per heavy atom. The van der Waals surface area contributed by atoms with Gasteiger partial charge in [-0.25, -0.2) is 0 Å². The molecule has 1 amide bonds. The Bertz CT molecular complexity index is 460. The van der Waals surface area contributed by atoms with E-state index in [1.54, 1.807) is 20.8 Å². The van der Waals surface area contributed by atoms with Crippen LogP contribution < -0.4 is 0 Å². The predicted molar refractivity (Wildman–Crippen MR) is 68.7 cm³/mol. The van der Waals surface area contributed by atoms with Gasteiger partial charge in [-0.1, -0.05) is 0 Å². The van der Waals surface area contributed by atoms with E-state index in [1.807, 2.05) is 0 Å². The van der Waals surface area contributed by atoms with E-state index >= 15 is 0 Å². The molecular weight excluding hydrogens is 248 g/mol. The summed E-state index contributed by atoms with van der Waals surface area (Å²) in [5.41, 5.74) is 0.119. The summed E-state index contributed by atoms with van der Waals surface area (Å²) in [7, 11) is 0. The first-order valence-corrected chi connectivity index (χ1v) is 6.07.